The van der Waals surface area contributed by atoms with E-state index < -0.39 is 10.0 Å². The quantitative estimate of drug-likeness (QED) is 0.767. The molecule has 0 radical (unpaired) electrons. The lowest BCUT2D eigenvalue weighted by molar-refractivity contribution is 0.408. The molecule has 5 nitrogen and oxygen atoms in total. The predicted molar refractivity (Wildman–Crippen MR) is 81.4 cm³/mol. The molecule has 102 valence electrons. The average molecular weight is 392 g/mol. The second kappa shape index (κ2) is 5.93. The summed E-state index contributed by atoms with van der Waals surface area (Å²) in [6.45, 7) is 0.485. The van der Waals surface area contributed by atoms with Gasteiger partial charge in [-0.1, -0.05) is 6.07 Å². The summed E-state index contributed by atoms with van der Waals surface area (Å²) >= 11 is 2.12. The number of furan rings is 1. The molecule has 0 spiro atoms. The Morgan fingerprint density at radius 3 is 2.74 bits per heavy atom. The first kappa shape index (κ1) is 14.4. The van der Waals surface area contributed by atoms with Crippen LogP contribution >= 0.6 is 22.6 Å². The summed E-state index contributed by atoms with van der Waals surface area (Å²) in [7, 11) is -1.91. The molecule has 1 aromatic carbocycles. The van der Waals surface area contributed by atoms with Crippen LogP contribution in [0.3, 0.4) is 0 Å². The summed E-state index contributed by atoms with van der Waals surface area (Å²) in [6.07, 6.45) is 0. The molecule has 7 heteroatoms. The predicted octanol–water partition coefficient (Wildman–Crippen LogP) is 2.40. The van der Waals surface area contributed by atoms with Crippen LogP contribution in [-0.4, -0.2) is 15.5 Å². The van der Waals surface area contributed by atoms with Crippen LogP contribution in [0.5, 0.6) is 0 Å². The standard InChI is InChI=1S/C12H13IN2O3S/c1-14-8-11-5-6-12(18-11)19(16,17)15-10-4-2-3-9(13)7-10/h2-7,14-15H,8H2,1H3. The molecule has 2 rings (SSSR count). The van der Waals surface area contributed by atoms with E-state index in [1.807, 2.05) is 6.07 Å². The molecule has 1 heterocycles. The van der Waals surface area contributed by atoms with Gasteiger partial charge in [0, 0.05) is 9.26 Å². The van der Waals surface area contributed by atoms with E-state index in [0.29, 0.717) is 18.0 Å². The van der Waals surface area contributed by atoms with Gasteiger partial charge in [0.05, 0.1) is 6.54 Å². The average Bonchev–Trinajstić information content (AvgIpc) is 2.78. The fourth-order valence-electron chi connectivity index (χ4n) is 1.53. The van der Waals surface area contributed by atoms with Crippen molar-refractivity contribution in [2.75, 3.05) is 11.8 Å². The third-order valence-corrected chi connectivity index (χ3v) is 4.25. The number of benzene rings is 1. The Morgan fingerprint density at radius 1 is 1.26 bits per heavy atom. The molecule has 0 saturated carbocycles. The molecule has 0 aliphatic heterocycles. The minimum Gasteiger partial charge on any atom is -0.446 e. The van der Waals surface area contributed by atoms with E-state index >= 15 is 0 Å². The maximum atomic E-state index is 12.1. The highest BCUT2D eigenvalue weighted by Gasteiger charge is 2.18. The van der Waals surface area contributed by atoms with Crippen LogP contribution in [0.1, 0.15) is 5.76 Å². The van der Waals surface area contributed by atoms with E-state index in [1.54, 1.807) is 31.3 Å². The van der Waals surface area contributed by atoms with Gasteiger partial charge in [-0.25, -0.2) is 0 Å². The molecule has 1 aromatic heterocycles. The molecule has 2 aromatic rings. The summed E-state index contributed by atoms with van der Waals surface area (Å²) in [5.74, 6) is 0.575. The number of halogens is 1. The first-order valence-electron chi connectivity index (χ1n) is 5.53. The molecular weight excluding hydrogens is 379 g/mol. The van der Waals surface area contributed by atoms with Crippen LogP contribution in [0.25, 0.3) is 0 Å². The Bertz CT molecular complexity index is 667. The SMILES string of the molecule is CNCc1ccc(S(=O)(=O)Nc2cccc(I)c2)o1. The van der Waals surface area contributed by atoms with Gasteiger partial charge >= 0.3 is 0 Å². The van der Waals surface area contributed by atoms with E-state index in [4.69, 9.17) is 4.42 Å². The fourth-order valence-corrected chi connectivity index (χ4v) is 3.07. The molecule has 0 fully saturated rings. The molecule has 0 aliphatic rings. The van der Waals surface area contributed by atoms with Gasteiger partial charge in [0.1, 0.15) is 5.76 Å². The van der Waals surface area contributed by atoms with E-state index in [-0.39, 0.29) is 5.09 Å². The smallest absolute Gasteiger partial charge is 0.295 e. The van der Waals surface area contributed by atoms with Crippen LogP contribution in [0.4, 0.5) is 5.69 Å². The Labute approximate surface area is 125 Å². The van der Waals surface area contributed by atoms with Gasteiger partial charge < -0.3 is 9.73 Å². The lowest BCUT2D eigenvalue weighted by Gasteiger charge is -2.05. The molecule has 2 N–H and O–H groups in total. The Balaban J connectivity index is 2.22. The van der Waals surface area contributed by atoms with E-state index in [0.717, 1.165) is 3.57 Å². The highest BCUT2D eigenvalue weighted by molar-refractivity contribution is 14.1. The number of sulfonamides is 1. The topological polar surface area (TPSA) is 71.3 Å². The van der Waals surface area contributed by atoms with Crippen LogP contribution in [0, 0.1) is 3.57 Å². The number of rotatable bonds is 5. The van der Waals surface area contributed by atoms with Crippen molar-refractivity contribution < 1.29 is 12.8 Å². The lowest BCUT2D eigenvalue weighted by Crippen LogP contribution is -2.12. The number of hydrogen-bond acceptors (Lipinski definition) is 4. The van der Waals surface area contributed by atoms with Crippen molar-refractivity contribution in [2.45, 2.75) is 11.6 Å². The summed E-state index contributed by atoms with van der Waals surface area (Å²) in [6, 6.07) is 10.2. The third-order valence-electron chi connectivity index (χ3n) is 2.33. The van der Waals surface area contributed by atoms with Crippen molar-refractivity contribution in [3.63, 3.8) is 0 Å². The summed E-state index contributed by atoms with van der Waals surface area (Å²) in [4.78, 5) is 0. The van der Waals surface area contributed by atoms with Gasteiger partial charge in [-0.2, -0.15) is 8.42 Å². The van der Waals surface area contributed by atoms with Gasteiger partial charge in [0.25, 0.3) is 10.0 Å². The zero-order valence-electron chi connectivity index (χ0n) is 10.2. The fraction of sp³-hybridized carbons (Fsp3) is 0.167. The molecule has 0 amide bonds. The first-order valence-corrected chi connectivity index (χ1v) is 8.09. The molecule has 0 unspecified atom stereocenters. The number of nitrogens with one attached hydrogen (secondary N) is 2. The second-order valence-electron chi connectivity index (χ2n) is 3.87. The Morgan fingerprint density at radius 2 is 2.05 bits per heavy atom. The van der Waals surface area contributed by atoms with Crippen molar-refractivity contribution in [3.05, 3.63) is 45.7 Å². The Hall–Kier alpha value is -1.06. The Kier molecular flexibility index (Phi) is 4.48. The van der Waals surface area contributed by atoms with Crippen LogP contribution < -0.4 is 10.0 Å². The van der Waals surface area contributed by atoms with Crippen molar-refractivity contribution in [3.8, 4) is 0 Å². The zero-order valence-corrected chi connectivity index (χ0v) is 13.2. The number of hydrogen-bond donors (Lipinski definition) is 2. The molecule has 0 saturated heterocycles. The first-order chi connectivity index (χ1) is 9.01. The van der Waals surface area contributed by atoms with Gasteiger partial charge in [-0.05, 0) is 60.0 Å². The van der Waals surface area contributed by atoms with Crippen molar-refractivity contribution in [1.82, 2.24) is 5.32 Å². The monoisotopic (exact) mass is 392 g/mol. The van der Waals surface area contributed by atoms with Crippen molar-refractivity contribution >= 4 is 38.3 Å². The summed E-state index contributed by atoms with van der Waals surface area (Å²) < 4.78 is 32.9. The van der Waals surface area contributed by atoms with Gasteiger partial charge in [-0.3, -0.25) is 4.72 Å². The van der Waals surface area contributed by atoms with Crippen LogP contribution in [0.2, 0.25) is 0 Å². The second-order valence-corrected chi connectivity index (χ2v) is 6.73. The van der Waals surface area contributed by atoms with Crippen molar-refractivity contribution in [2.24, 2.45) is 0 Å². The zero-order chi connectivity index (χ0) is 13.9. The summed E-state index contributed by atoms with van der Waals surface area (Å²) in [5.41, 5.74) is 0.512. The van der Waals surface area contributed by atoms with Crippen LogP contribution in [0.15, 0.2) is 45.9 Å². The van der Waals surface area contributed by atoms with Crippen LogP contribution in [-0.2, 0) is 16.6 Å². The minimum atomic E-state index is -3.68. The van der Waals surface area contributed by atoms with Gasteiger partial charge in [0.15, 0.2) is 0 Å². The maximum absolute atomic E-state index is 12.1. The largest absolute Gasteiger partial charge is 0.446 e. The highest BCUT2D eigenvalue weighted by Crippen LogP contribution is 2.19. The normalized spacial score (nSPS) is 11.5. The van der Waals surface area contributed by atoms with Gasteiger partial charge in [0.2, 0.25) is 5.09 Å². The molecular formula is C12H13IN2O3S. The third kappa shape index (κ3) is 3.71. The summed E-state index contributed by atoms with van der Waals surface area (Å²) in [5, 5.41) is 2.81. The number of anilines is 1. The maximum Gasteiger partial charge on any atom is 0.295 e. The van der Waals surface area contributed by atoms with E-state index in [1.165, 1.54) is 6.07 Å². The van der Waals surface area contributed by atoms with E-state index in [9.17, 15) is 8.42 Å². The molecule has 0 aliphatic carbocycles. The van der Waals surface area contributed by atoms with Crippen molar-refractivity contribution in [1.29, 1.82) is 0 Å². The van der Waals surface area contributed by atoms with E-state index in [2.05, 4.69) is 32.6 Å². The molecule has 19 heavy (non-hydrogen) atoms. The highest BCUT2D eigenvalue weighted by atomic mass is 127. The minimum absolute atomic E-state index is 0.0865. The molecule has 0 atom stereocenters. The van der Waals surface area contributed by atoms with Gasteiger partial charge in [-0.15, -0.1) is 0 Å². The lowest BCUT2D eigenvalue weighted by atomic mass is 10.3. The molecule has 0 bridgehead atoms.